The molecule has 1 amide bonds. The summed E-state index contributed by atoms with van der Waals surface area (Å²) in [6, 6.07) is 13.4. The first kappa shape index (κ1) is 17.8. The highest BCUT2D eigenvalue weighted by Crippen LogP contribution is 2.23. The Kier molecular flexibility index (Phi) is 4.60. The largest absolute Gasteiger partial charge is 0.335 e. The van der Waals surface area contributed by atoms with E-state index in [4.69, 9.17) is 0 Å². The molecule has 0 aliphatic carbocycles. The molecule has 0 aliphatic heterocycles. The Morgan fingerprint density at radius 3 is 2.64 bits per heavy atom. The average molecular weight is 375 g/mol. The lowest BCUT2D eigenvalue weighted by atomic mass is 10.1. The topological polar surface area (TPSA) is 81.7 Å². The number of carbonyl (C=O) groups is 1. The second kappa shape index (κ2) is 7.22. The predicted octanol–water partition coefficient (Wildman–Crippen LogP) is 2.87. The molecule has 0 radical (unpaired) electrons. The predicted molar refractivity (Wildman–Crippen MR) is 105 cm³/mol. The van der Waals surface area contributed by atoms with Crippen LogP contribution in [0.2, 0.25) is 0 Å². The minimum Gasteiger partial charge on any atom is -0.335 e. The van der Waals surface area contributed by atoms with Crippen LogP contribution in [-0.4, -0.2) is 47.6 Å². The second-order valence-corrected chi connectivity index (χ2v) is 6.63. The highest BCUT2D eigenvalue weighted by molar-refractivity contribution is 5.97. The Morgan fingerprint density at radius 1 is 1.18 bits per heavy atom. The van der Waals surface area contributed by atoms with Gasteiger partial charge in [-0.1, -0.05) is 17.3 Å². The van der Waals surface area contributed by atoms with E-state index in [-0.39, 0.29) is 11.9 Å². The number of amides is 1. The van der Waals surface area contributed by atoms with Crippen LogP contribution in [0, 0.1) is 0 Å². The van der Waals surface area contributed by atoms with Crippen molar-refractivity contribution in [2.75, 3.05) is 7.05 Å². The van der Waals surface area contributed by atoms with Gasteiger partial charge in [0.1, 0.15) is 18.2 Å². The van der Waals surface area contributed by atoms with Crippen LogP contribution in [0.5, 0.6) is 0 Å². The number of nitrogens with zero attached hydrogens (tertiary/aromatic N) is 7. The molecule has 0 saturated carbocycles. The van der Waals surface area contributed by atoms with E-state index in [1.54, 1.807) is 22.0 Å². The van der Waals surface area contributed by atoms with E-state index < -0.39 is 0 Å². The van der Waals surface area contributed by atoms with Crippen molar-refractivity contribution in [2.24, 2.45) is 0 Å². The van der Waals surface area contributed by atoms with E-state index in [0.717, 1.165) is 28.8 Å². The van der Waals surface area contributed by atoms with Crippen LogP contribution in [0.1, 0.15) is 35.8 Å². The van der Waals surface area contributed by atoms with E-state index in [9.17, 15) is 4.79 Å². The van der Waals surface area contributed by atoms with Gasteiger partial charge >= 0.3 is 0 Å². The van der Waals surface area contributed by atoms with Crippen molar-refractivity contribution in [3.8, 4) is 5.69 Å². The van der Waals surface area contributed by atoms with Gasteiger partial charge in [-0.05, 0) is 49.7 Å². The molecule has 0 N–H and O–H groups in total. The van der Waals surface area contributed by atoms with Crippen LogP contribution in [-0.2, 0) is 6.54 Å². The molecule has 0 fully saturated rings. The summed E-state index contributed by atoms with van der Waals surface area (Å²) in [4.78, 5) is 18.7. The molecule has 4 aromatic rings. The molecule has 4 rings (SSSR count). The number of hydrogen-bond acceptors (Lipinski definition) is 5. The van der Waals surface area contributed by atoms with Crippen molar-refractivity contribution >= 4 is 16.9 Å². The molecule has 28 heavy (non-hydrogen) atoms. The van der Waals surface area contributed by atoms with Crippen molar-refractivity contribution < 1.29 is 4.79 Å². The lowest BCUT2D eigenvalue weighted by molar-refractivity contribution is 0.0743. The molecule has 0 saturated heterocycles. The number of fused-ring (bicyclic) bond motifs is 1. The zero-order chi connectivity index (χ0) is 19.7. The van der Waals surface area contributed by atoms with Crippen LogP contribution < -0.4 is 0 Å². The lowest BCUT2D eigenvalue weighted by Crippen LogP contribution is -2.29. The first-order valence-corrected chi connectivity index (χ1v) is 9.14. The number of aromatic nitrogens is 6. The highest BCUT2D eigenvalue weighted by Gasteiger charge is 2.20. The molecule has 0 aliphatic rings. The Labute approximate surface area is 162 Å². The zero-order valence-corrected chi connectivity index (χ0v) is 16.0. The molecular formula is C20H21N7O. The first-order valence-electron chi connectivity index (χ1n) is 9.14. The molecule has 2 heterocycles. The van der Waals surface area contributed by atoms with Gasteiger partial charge in [0.25, 0.3) is 5.91 Å². The first-order chi connectivity index (χ1) is 13.6. The number of aryl methyl sites for hydroxylation is 1. The molecule has 0 spiro atoms. The molecule has 1 atom stereocenters. The SMILES string of the molecule is CCn1nnc2cc(C(=O)N(C)[C@@H](C)c3ccc(-n4cncn4)cc3)ccc21. The van der Waals surface area contributed by atoms with Crippen molar-refractivity contribution in [1.29, 1.82) is 0 Å². The van der Waals surface area contributed by atoms with Gasteiger partial charge in [-0.2, -0.15) is 5.10 Å². The minimum absolute atomic E-state index is 0.0548. The zero-order valence-electron chi connectivity index (χ0n) is 16.0. The maximum Gasteiger partial charge on any atom is 0.254 e. The van der Waals surface area contributed by atoms with Gasteiger partial charge in [-0.3, -0.25) is 4.79 Å². The second-order valence-electron chi connectivity index (χ2n) is 6.63. The fourth-order valence-corrected chi connectivity index (χ4v) is 3.19. The number of carbonyl (C=O) groups excluding carboxylic acids is 1. The van der Waals surface area contributed by atoms with Crippen LogP contribution in [0.25, 0.3) is 16.7 Å². The molecule has 0 unspecified atom stereocenters. The van der Waals surface area contributed by atoms with Crippen molar-refractivity contribution in [2.45, 2.75) is 26.4 Å². The Bertz CT molecular complexity index is 1100. The molecule has 2 aromatic heterocycles. The number of benzene rings is 2. The Morgan fingerprint density at radius 2 is 1.96 bits per heavy atom. The van der Waals surface area contributed by atoms with Crippen LogP contribution in [0.15, 0.2) is 55.1 Å². The van der Waals surface area contributed by atoms with Crippen molar-refractivity contribution in [1.82, 2.24) is 34.7 Å². The average Bonchev–Trinajstić information content (AvgIpc) is 3.41. The molecule has 8 heteroatoms. The van der Waals surface area contributed by atoms with Crippen molar-refractivity contribution in [3.63, 3.8) is 0 Å². The van der Waals surface area contributed by atoms with Gasteiger partial charge in [-0.15, -0.1) is 5.10 Å². The fourth-order valence-electron chi connectivity index (χ4n) is 3.19. The van der Waals surface area contributed by atoms with Gasteiger partial charge in [0.05, 0.1) is 17.2 Å². The van der Waals surface area contributed by atoms with E-state index in [1.807, 2.05) is 62.0 Å². The van der Waals surface area contributed by atoms with Crippen LogP contribution in [0.4, 0.5) is 0 Å². The fraction of sp³-hybridized carbons (Fsp3) is 0.250. The standard InChI is InChI=1S/C20H21N7O/c1-4-26-19-10-7-16(11-18(19)23-24-26)20(28)25(3)14(2)15-5-8-17(9-6-15)27-13-21-12-22-27/h5-14H,4H2,1-3H3/t14-/m0/s1. The summed E-state index contributed by atoms with van der Waals surface area (Å²) in [6.07, 6.45) is 3.15. The minimum atomic E-state index is -0.0840. The summed E-state index contributed by atoms with van der Waals surface area (Å²) in [5.41, 5.74) is 4.22. The lowest BCUT2D eigenvalue weighted by Gasteiger charge is -2.25. The molecule has 142 valence electrons. The van der Waals surface area contributed by atoms with E-state index in [0.29, 0.717) is 5.56 Å². The van der Waals surface area contributed by atoms with Crippen LogP contribution in [0.3, 0.4) is 0 Å². The van der Waals surface area contributed by atoms with E-state index >= 15 is 0 Å². The number of rotatable bonds is 5. The van der Waals surface area contributed by atoms with Crippen LogP contribution >= 0.6 is 0 Å². The third-order valence-corrected chi connectivity index (χ3v) is 5.02. The van der Waals surface area contributed by atoms with Gasteiger partial charge in [0, 0.05) is 19.2 Å². The summed E-state index contributed by atoms with van der Waals surface area (Å²) in [5.74, 6) is -0.0548. The van der Waals surface area contributed by atoms with Gasteiger partial charge in [0.15, 0.2) is 0 Å². The summed E-state index contributed by atoms with van der Waals surface area (Å²) in [6.45, 7) is 4.76. The summed E-state index contributed by atoms with van der Waals surface area (Å²) < 4.78 is 3.51. The quantitative estimate of drug-likeness (QED) is 0.536. The van der Waals surface area contributed by atoms with Gasteiger partial charge in [-0.25, -0.2) is 14.3 Å². The molecule has 8 nitrogen and oxygen atoms in total. The number of hydrogen-bond donors (Lipinski definition) is 0. The molecule has 0 bridgehead atoms. The normalized spacial score (nSPS) is 12.2. The third kappa shape index (κ3) is 3.13. The highest BCUT2D eigenvalue weighted by atomic mass is 16.2. The third-order valence-electron chi connectivity index (χ3n) is 5.02. The molecule has 2 aromatic carbocycles. The maximum atomic E-state index is 13.0. The summed E-state index contributed by atoms with van der Waals surface area (Å²) >= 11 is 0. The Balaban J connectivity index is 1.54. The van der Waals surface area contributed by atoms with E-state index in [1.165, 1.54) is 6.33 Å². The smallest absolute Gasteiger partial charge is 0.254 e. The maximum absolute atomic E-state index is 13.0. The van der Waals surface area contributed by atoms with Gasteiger partial charge in [0.2, 0.25) is 0 Å². The monoisotopic (exact) mass is 375 g/mol. The summed E-state index contributed by atoms with van der Waals surface area (Å²) in [7, 11) is 1.81. The van der Waals surface area contributed by atoms with Gasteiger partial charge < -0.3 is 4.90 Å². The van der Waals surface area contributed by atoms with E-state index in [2.05, 4.69) is 20.4 Å². The van der Waals surface area contributed by atoms with Crippen molar-refractivity contribution in [3.05, 3.63) is 66.2 Å². The molecular weight excluding hydrogens is 354 g/mol. The summed E-state index contributed by atoms with van der Waals surface area (Å²) in [5, 5.41) is 12.4. The Hall–Kier alpha value is -3.55.